The van der Waals surface area contributed by atoms with Crippen molar-refractivity contribution in [1.82, 2.24) is 15.4 Å². The van der Waals surface area contributed by atoms with Crippen LogP contribution >= 0.6 is 24.0 Å². The Morgan fingerprint density at radius 3 is 2.41 bits per heavy atom. The third-order valence-electron chi connectivity index (χ3n) is 3.41. The number of benzene rings is 1. The SMILES string of the molecule is CCS(=O)(=O)NCCCNC(=NC)NCc1ccccc1OC(C)(C)C.I. The molecule has 0 saturated carbocycles. The zero-order valence-corrected chi connectivity index (χ0v) is 20.0. The van der Waals surface area contributed by atoms with Crippen LogP contribution in [0.2, 0.25) is 0 Å². The molecule has 9 heteroatoms. The molecule has 0 bridgehead atoms. The second-order valence-electron chi connectivity index (χ2n) is 6.83. The minimum Gasteiger partial charge on any atom is -0.488 e. The maximum atomic E-state index is 11.4. The molecule has 156 valence electrons. The normalized spacial score (nSPS) is 12.3. The number of nitrogens with zero attached hydrogens (tertiary/aromatic N) is 1. The lowest BCUT2D eigenvalue weighted by Gasteiger charge is -2.23. The Kier molecular flexibility index (Phi) is 11.9. The van der Waals surface area contributed by atoms with Gasteiger partial charge in [-0.1, -0.05) is 18.2 Å². The van der Waals surface area contributed by atoms with Crippen LogP contribution in [0.15, 0.2) is 29.3 Å². The monoisotopic (exact) mass is 512 g/mol. The Balaban J connectivity index is 0.00000676. The van der Waals surface area contributed by atoms with E-state index in [1.807, 2.05) is 45.0 Å². The minimum atomic E-state index is -3.13. The first-order valence-corrected chi connectivity index (χ1v) is 10.5. The number of para-hydroxylation sites is 1. The summed E-state index contributed by atoms with van der Waals surface area (Å²) in [5.41, 5.74) is 0.781. The topological polar surface area (TPSA) is 91.8 Å². The van der Waals surface area contributed by atoms with Gasteiger partial charge in [-0.05, 0) is 40.2 Å². The van der Waals surface area contributed by atoms with E-state index in [0.29, 0.717) is 32.0 Å². The molecular weight excluding hydrogens is 479 g/mol. The summed E-state index contributed by atoms with van der Waals surface area (Å²) in [6.45, 7) is 9.27. The predicted octanol–water partition coefficient (Wildman–Crippen LogP) is 2.48. The van der Waals surface area contributed by atoms with E-state index < -0.39 is 10.0 Å². The zero-order chi connectivity index (χ0) is 19.6. The van der Waals surface area contributed by atoms with Crippen LogP contribution in [0.25, 0.3) is 0 Å². The van der Waals surface area contributed by atoms with Gasteiger partial charge in [-0.3, -0.25) is 4.99 Å². The van der Waals surface area contributed by atoms with Crippen molar-refractivity contribution in [2.45, 2.75) is 46.3 Å². The molecule has 1 rings (SSSR count). The Morgan fingerprint density at radius 1 is 1.15 bits per heavy atom. The van der Waals surface area contributed by atoms with Crippen molar-refractivity contribution in [2.24, 2.45) is 4.99 Å². The summed E-state index contributed by atoms with van der Waals surface area (Å²) < 4.78 is 31.3. The first-order chi connectivity index (χ1) is 12.2. The number of sulfonamides is 1. The maximum Gasteiger partial charge on any atom is 0.211 e. The first kappa shape index (κ1) is 25.9. The quantitative estimate of drug-likeness (QED) is 0.205. The highest BCUT2D eigenvalue weighted by Crippen LogP contribution is 2.22. The summed E-state index contributed by atoms with van der Waals surface area (Å²) in [5.74, 6) is 1.60. The van der Waals surface area contributed by atoms with Gasteiger partial charge in [-0.25, -0.2) is 13.1 Å². The smallest absolute Gasteiger partial charge is 0.211 e. The molecule has 0 fully saturated rings. The Bertz CT molecular complexity index is 688. The van der Waals surface area contributed by atoms with Crippen molar-refractivity contribution in [3.8, 4) is 5.75 Å². The molecule has 0 heterocycles. The number of hydrogen-bond donors (Lipinski definition) is 3. The summed E-state index contributed by atoms with van der Waals surface area (Å²) >= 11 is 0. The molecule has 0 amide bonds. The molecule has 0 aliphatic heterocycles. The number of nitrogens with one attached hydrogen (secondary N) is 3. The fourth-order valence-corrected chi connectivity index (χ4v) is 2.76. The van der Waals surface area contributed by atoms with E-state index in [0.717, 1.165) is 11.3 Å². The number of aliphatic imine (C=N–C) groups is 1. The van der Waals surface area contributed by atoms with Gasteiger partial charge in [0.2, 0.25) is 10.0 Å². The largest absolute Gasteiger partial charge is 0.488 e. The minimum absolute atomic E-state index is 0. The van der Waals surface area contributed by atoms with E-state index in [2.05, 4.69) is 20.3 Å². The van der Waals surface area contributed by atoms with Crippen LogP contribution in [0.1, 0.15) is 39.7 Å². The van der Waals surface area contributed by atoms with Gasteiger partial charge in [0.05, 0.1) is 5.75 Å². The Labute approximate surface area is 180 Å². The lowest BCUT2D eigenvalue weighted by molar-refractivity contribution is 0.129. The molecule has 7 nitrogen and oxygen atoms in total. The van der Waals surface area contributed by atoms with Crippen LogP contribution < -0.4 is 20.1 Å². The number of ether oxygens (including phenoxy) is 1. The van der Waals surface area contributed by atoms with E-state index in [-0.39, 0.29) is 35.3 Å². The summed E-state index contributed by atoms with van der Waals surface area (Å²) in [4.78, 5) is 4.18. The molecule has 3 N–H and O–H groups in total. The predicted molar refractivity (Wildman–Crippen MR) is 123 cm³/mol. The maximum absolute atomic E-state index is 11.4. The van der Waals surface area contributed by atoms with Gasteiger partial charge in [0, 0.05) is 32.2 Å². The lowest BCUT2D eigenvalue weighted by atomic mass is 10.1. The van der Waals surface area contributed by atoms with Gasteiger partial charge in [-0.2, -0.15) is 0 Å². The van der Waals surface area contributed by atoms with Crippen molar-refractivity contribution < 1.29 is 13.2 Å². The molecule has 1 aromatic rings. The van der Waals surface area contributed by atoms with Crippen LogP contribution in [0.3, 0.4) is 0 Å². The molecule has 0 unspecified atom stereocenters. The number of guanidine groups is 1. The fourth-order valence-electron chi connectivity index (χ4n) is 2.10. The molecule has 0 atom stereocenters. The van der Waals surface area contributed by atoms with Crippen molar-refractivity contribution in [2.75, 3.05) is 25.9 Å². The number of halogens is 1. The number of rotatable bonds is 9. The molecule has 0 aliphatic carbocycles. The van der Waals surface area contributed by atoms with Gasteiger partial charge >= 0.3 is 0 Å². The Hall–Kier alpha value is -1.07. The first-order valence-electron chi connectivity index (χ1n) is 8.85. The summed E-state index contributed by atoms with van der Waals surface area (Å²) in [5, 5.41) is 6.43. The third-order valence-corrected chi connectivity index (χ3v) is 4.81. The van der Waals surface area contributed by atoms with E-state index in [1.54, 1.807) is 14.0 Å². The molecule has 0 saturated heterocycles. The van der Waals surface area contributed by atoms with E-state index in [1.165, 1.54) is 0 Å². The highest BCUT2D eigenvalue weighted by molar-refractivity contribution is 14.0. The fraction of sp³-hybridized carbons (Fsp3) is 0.611. The van der Waals surface area contributed by atoms with Crippen molar-refractivity contribution >= 4 is 40.0 Å². The summed E-state index contributed by atoms with van der Waals surface area (Å²) in [6, 6.07) is 7.90. The molecule has 27 heavy (non-hydrogen) atoms. The molecule has 1 aromatic carbocycles. The molecular formula is C18H33IN4O3S. The summed E-state index contributed by atoms with van der Waals surface area (Å²) in [6.07, 6.45) is 0.670. The number of hydrogen-bond acceptors (Lipinski definition) is 4. The lowest BCUT2D eigenvalue weighted by Crippen LogP contribution is -2.38. The second-order valence-corrected chi connectivity index (χ2v) is 8.92. The van der Waals surface area contributed by atoms with Crippen molar-refractivity contribution in [3.63, 3.8) is 0 Å². The van der Waals surface area contributed by atoms with Gasteiger partial charge in [0.25, 0.3) is 0 Å². The standard InChI is InChI=1S/C18H32N4O3S.HI/c1-6-26(23,24)22-13-9-12-20-17(19-5)21-14-15-10-7-8-11-16(15)25-18(2,3)4;/h7-8,10-11,22H,6,9,12-14H2,1-5H3,(H2,19,20,21);1H. The van der Waals surface area contributed by atoms with Crippen LogP contribution in [-0.2, 0) is 16.6 Å². The van der Waals surface area contributed by atoms with E-state index >= 15 is 0 Å². The van der Waals surface area contributed by atoms with Gasteiger partial charge < -0.3 is 15.4 Å². The second kappa shape index (κ2) is 12.4. The van der Waals surface area contributed by atoms with E-state index in [9.17, 15) is 8.42 Å². The van der Waals surface area contributed by atoms with Crippen LogP contribution in [0.4, 0.5) is 0 Å². The van der Waals surface area contributed by atoms with Crippen LogP contribution in [0, 0.1) is 0 Å². The third kappa shape index (κ3) is 11.4. The van der Waals surface area contributed by atoms with Gasteiger partial charge in [0.1, 0.15) is 11.4 Å². The Morgan fingerprint density at radius 2 is 1.81 bits per heavy atom. The van der Waals surface area contributed by atoms with Crippen molar-refractivity contribution in [3.05, 3.63) is 29.8 Å². The molecule has 0 aliphatic rings. The molecule has 0 radical (unpaired) electrons. The highest BCUT2D eigenvalue weighted by atomic mass is 127. The summed E-state index contributed by atoms with van der Waals surface area (Å²) in [7, 11) is -1.43. The highest BCUT2D eigenvalue weighted by Gasteiger charge is 2.14. The average Bonchev–Trinajstić information content (AvgIpc) is 2.57. The van der Waals surface area contributed by atoms with Crippen LogP contribution in [0.5, 0.6) is 5.75 Å². The molecule has 0 aromatic heterocycles. The zero-order valence-electron chi connectivity index (χ0n) is 16.8. The van der Waals surface area contributed by atoms with Gasteiger partial charge in [0.15, 0.2) is 5.96 Å². The molecule has 0 spiro atoms. The van der Waals surface area contributed by atoms with E-state index in [4.69, 9.17) is 4.74 Å². The van der Waals surface area contributed by atoms with Gasteiger partial charge in [-0.15, -0.1) is 24.0 Å². The van der Waals surface area contributed by atoms with Crippen LogP contribution in [-0.4, -0.2) is 45.9 Å². The van der Waals surface area contributed by atoms with Crippen molar-refractivity contribution in [1.29, 1.82) is 0 Å². The average molecular weight is 512 g/mol.